The Bertz CT molecular complexity index is 661. The summed E-state index contributed by atoms with van der Waals surface area (Å²) in [6, 6.07) is 15.7. The van der Waals surface area contributed by atoms with Gasteiger partial charge in [-0.1, -0.05) is 30.3 Å². The molecule has 4 nitrogen and oxygen atoms in total. The van der Waals surface area contributed by atoms with E-state index >= 15 is 0 Å². The van der Waals surface area contributed by atoms with Crippen LogP contribution in [0.25, 0.3) is 10.8 Å². The summed E-state index contributed by atoms with van der Waals surface area (Å²) in [5, 5.41) is 10.9. The SMILES string of the molecule is COCCN(CCC#N)C(=O)c1ccc2ccccc2c1. The molecule has 0 aromatic heterocycles. The van der Waals surface area contributed by atoms with Gasteiger partial charge in [-0.15, -0.1) is 0 Å². The Balaban J connectivity index is 2.22. The van der Waals surface area contributed by atoms with Crippen molar-refractivity contribution in [3.05, 3.63) is 48.0 Å². The van der Waals surface area contributed by atoms with E-state index in [9.17, 15) is 4.79 Å². The number of amides is 1. The number of nitriles is 1. The summed E-state index contributed by atoms with van der Waals surface area (Å²) in [5.74, 6) is -0.0620. The molecule has 21 heavy (non-hydrogen) atoms. The second-order valence-electron chi connectivity index (χ2n) is 4.76. The minimum atomic E-state index is -0.0620. The molecule has 0 aliphatic rings. The molecule has 0 heterocycles. The molecule has 0 aliphatic carbocycles. The zero-order valence-electron chi connectivity index (χ0n) is 12.1. The lowest BCUT2D eigenvalue weighted by atomic mass is 10.1. The number of hydrogen-bond donors (Lipinski definition) is 0. The van der Waals surface area contributed by atoms with Crippen molar-refractivity contribution in [1.29, 1.82) is 5.26 Å². The van der Waals surface area contributed by atoms with Gasteiger partial charge >= 0.3 is 0 Å². The Morgan fingerprint density at radius 1 is 1.19 bits per heavy atom. The third kappa shape index (κ3) is 3.80. The first-order valence-corrected chi connectivity index (χ1v) is 6.90. The number of methoxy groups -OCH3 is 1. The first-order chi connectivity index (χ1) is 10.3. The molecule has 0 saturated heterocycles. The van der Waals surface area contributed by atoms with Crippen LogP contribution in [0.5, 0.6) is 0 Å². The molecule has 0 spiro atoms. The highest BCUT2D eigenvalue weighted by molar-refractivity contribution is 5.98. The number of nitrogens with zero attached hydrogens (tertiary/aromatic N) is 2. The molecule has 0 atom stereocenters. The summed E-state index contributed by atoms with van der Waals surface area (Å²) in [4.78, 5) is 14.2. The van der Waals surface area contributed by atoms with Gasteiger partial charge in [0, 0.05) is 25.8 Å². The van der Waals surface area contributed by atoms with Gasteiger partial charge in [-0.25, -0.2) is 0 Å². The van der Waals surface area contributed by atoms with Crippen LogP contribution in [0.1, 0.15) is 16.8 Å². The van der Waals surface area contributed by atoms with Gasteiger partial charge in [0.25, 0.3) is 5.91 Å². The fraction of sp³-hybridized carbons (Fsp3) is 0.294. The molecule has 2 aromatic rings. The first kappa shape index (κ1) is 15.0. The highest BCUT2D eigenvalue weighted by atomic mass is 16.5. The number of ether oxygens (including phenoxy) is 1. The molecular formula is C17H18N2O2. The molecule has 108 valence electrons. The highest BCUT2D eigenvalue weighted by Gasteiger charge is 2.15. The lowest BCUT2D eigenvalue weighted by Gasteiger charge is -2.21. The topological polar surface area (TPSA) is 53.3 Å². The number of hydrogen-bond acceptors (Lipinski definition) is 3. The van der Waals surface area contributed by atoms with Gasteiger partial charge in [0.05, 0.1) is 19.1 Å². The second-order valence-corrected chi connectivity index (χ2v) is 4.76. The van der Waals surface area contributed by atoms with E-state index in [0.29, 0.717) is 31.7 Å². The average molecular weight is 282 g/mol. The molecule has 0 N–H and O–H groups in total. The van der Waals surface area contributed by atoms with Crippen molar-refractivity contribution in [3.63, 3.8) is 0 Å². The lowest BCUT2D eigenvalue weighted by molar-refractivity contribution is 0.0700. The van der Waals surface area contributed by atoms with Crippen LogP contribution >= 0.6 is 0 Å². The second kappa shape index (κ2) is 7.41. The fourth-order valence-corrected chi connectivity index (χ4v) is 2.21. The number of benzene rings is 2. The number of carbonyl (C=O) groups is 1. The summed E-state index contributed by atoms with van der Waals surface area (Å²) >= 11 is 0. The zero-order valence-corrected chi connectivity index (χ0v) is 12.1. The maximum atomic E-state index is 12.6. The minimum absolute atomic E-state index is 0.0620. The third-order valence-electron chi connectivity index (χ3n) is 3.34. The molecule has 0 bridgehead atoms. The van der Waals surface area contributed by atoms with Gasteiger partial charge < -0.3 is 9.64 Å². The van der Waals surface area contributed by atoms with Crippen LogP contribution in [0.4, 0.5) is 0 Å². The van der Waals surface area contributed by atoms with Gasteiger partial charge in [0.2, 0.25) is 0 Å². The zero-order chi connectivity index (χ0) is 15.1. The Hall–Kier alpha value is -2.38. The van der Waals surface area contributed by atoms with Crippen LogP contribution in [-0.2, 0) is 4.74 Å². The molecule has 0 unspecified atom stereocenters. The van der Waals surface area contributed by atoms with Crippen LogP contribution in [0.15, 0.2) is 42.5 Å². The maximum absolute atomic E-state index is 12.6. The Kier molecular flexibility index (Phi) is 5.30. The Labute approximate surface area is 124 Å². The van der Waals surface area contributed by atoms with Crippen molar-refractivity contribution >= 4 is 16.7 Å². The summed E-state index contributed by atoms with van der Waals surface area (Å²) in [6.07, 6.45) is 0.322. The standard InChI is InChI=1S/C17H18N2O2/c1-21-12-11-19(10-4-9-18)17(20)16-8-7-14-5-2-3-6-15(14)13-16/h2-3,5-8,13H,4,10-12H2,1H3. The lowest BCUT2D eigenvalue weighted by Crippen LogP contribution is -2.34. The average Bonchev–Trinajstić information content (AvgIpc) is 2.54. The molecule has 2 rings (SSSR count). The van der Waals surface area contributed by atoms with Crippen molar-refractivity contribution < 1.29 is 9.53 Å². The van der Waals surface area contributed by atoms with E-state index in [-0.39, 0.29) is 5.91 Å². The van der Waals surface area contributed by atoms with E-state index in [2.05, 4.69) is 6.07 Å². The van der Waals surface area contributed by atoms with Crippen LogP contribution in [0.3, 0.4) is 0 Å². The Morgan fingerprint density at radius 2 is 1.95 bits per heavy atom. The highest BCUT2D eigenvalue weighted by Crippen LogP contribution is 2.17. The normalized spacial score (nSPS) is 10.3. The molecule has 2 aromatic carbocycles. The quantitative estimate of drug-likeness (QED) is 0.818. The monoisotopic (exact) mass is 282 g/mol. The van der Waals surface area contributed by atoms with Gasteiger partial charge in [0.1, 0.15) is 0 Å². The number of rotatable bonds is 6. The van der Waals surface area contributed by atoms with Crippen molar-refractivity contribution in [3.8, 4) is 6.07 Å². The van der Waals surface area contributed by atoms with Crippen molar-refractivity contribution in [2.75, 3.05) is 26.8 Å². The van der Waals surface area contributed by atoms with Gasteiger partial charge in [-0.3, -0.25) is 4.79 Å². The van der Waals surface area contributed by atoms with E-state index in [4.69, 9.17) is 10.00 Å². The van der Waals surface area contributed by atoms with Crippen molar-refractivity contribution in [1.82, 2.24) is 4.90 Å². The maximum Gasteiger partial charge on any atom is 0.253 e. The van der Waals surface area contributed by atoms with Crippen LogP contribution in [0.2, 0.25) is 0 Å². The molecule has 0 saturated carbocycles. The van der Waals surface area contributed by atoms with Gasteiger partial charge in [0.15, 0.2) is 0 Å². The van der Waals surface area contributed by atoms with Gasteiger partial charge in [-0.2, -0.15) is 5.26 Å². The van der Waals surface area contributed by atoms with E-state index in [1.165, 1.54) is 0 Å². The predicted molar refractivity (Wildman–Crippen MR) is 82.0 cm³/mol. The summed E-state index contributed by atoms with van der Waals surface area (Å²) < 4.78 is 5.03. The number of carbonyl (C=O) groups excluding carboxylic acids is 1. The molecule has 1 amide bonds. The van der Waals surface area contributed by atoms with Crippen LogP contribution in [-0.4, -0.2) is 37.6 Å². The van der Waals surface area contributed by atoms with E-state index < -0.39 is 0 Å². The van der Waals surface area contributed by atoms with Crippen LogP contribution < -0.4 is 0 Å². The summed E-state index contributed by atoms with van der Waals surface area (Å²) in [5.41, 5.74) is 0.641. The van der Waals surface area contributed by atoms with Gasteiger partial charge in [-0.05, 0) is 22.9 Å². The molecule has 0 fully saturated rings. The largest absolute Gasteiger partial charge is 0.383 e. The van der Waals surface area contributed by atoms with Crippen molar-refractivity contribution in [2.45, 2.75) is 6.42 Å². The van der Waals surface area contributed by atoms with Crippen LogP contribution in [0, 0.1) is 11.3 Å². The third-order valence-corrected chi connectivity index (χ3v) is 3.34. The molecule has 4 heteroatoms. The number of fused-ring (bicyclic) bond motifs is 1. The molecular weight excluding hydrogens is 264 g/mol. The van der Waals surface area contributed by atoms with E-state index in [1.54, 1.807) is 12.0 Å². The van der Waals surface area contributed by atoms with E-state index in [0.717, 1.165) is 10.8 Å². The molecule has 0 radical (unpaired) electrons. The predicted octanol–water partition coefficient (Wildman–Crippen LogP) is 2.84. The minimum Gasteiger partial charge on any atom is -0.383 e. The summed E-state index contributed by atoms with van der Waals surface area (Å²) in [6.45, 7) is 1.38. The summed E-state index contributed by atoms with van der Waals surface area (Å²) in [7, 11) is 1.60. The smallest absolute Gasteiger partial charge is 0.253 e. The van der Waals surface area contributed by atoms with Crippen molar-refractivity contribution in [2.24, 2.45) is 0 Å². The fourth-order valence-electron chi connectivity index (χ4n) is 2.21. The first-order valence-electron chi connectivity index (χ1n) is 6.90. The Morgan fingerprint density at radius 3 is 2.67 bits per heavy atom. The van der Waals surface area contributed by atoms with E-state index in [1.807, 2.05) is 42.5 Å². The molecule has 0 aliphatic heterocycles.